The number of hydrogen-bond donors (Lipinski definition) is 1. The minimum atomic E-state index is -1.14. The number of esters is 1. The molecular formula is C23H33N3O4. The van der Waals surface area contributed by atoms with Crippen molar-refractivity contribution in [2.75, 3.05) is 13.1 Å². The molecule has 164 valence electrons. The van der Waals surface area contributed by atoms with E-state index in [0.717, 1.165) is 24.1 Å². The summed E-state index contributed by atoms with van der Waals surface area (Å²) in [5.41, 5.74) is 5.87. The van der Waals surface area contributed by atoms with Crippen LogP contribution in [0.5, 0.6) is 0 Å². The number of amides is 1. The molecular weight excluding hydrogens is 382 g/mol. The number of aromatic nitrogens is 1. The number of hydrogen-bond acceptors (Lipinski definition) is 6. The van der Waals surface area contributed by atoms with Crippen molar-refractivity contribution in [3.63, 3.8) is 0 Å². The molecule has 1 saturated heterocycles. The molecule has 3 rings (SSSR count). The Bertz CT molecular complexity index is 822. The van der Waals surface area contributed by atoms with Gasteiger partial charge in [-0.15, -0.1) is 0 Å². The van der Waals surface area contributed by atoms with Crippen molar-refractivity contribution >= 4 is 17.7 Å². The van der Waals surface area contributed by atoms with E-state index in [1.54, 1.807) is 27.0 Å². The first kappa shape index (κ1) is 22.4. The molecule has 7 nitrogen and oxygen atoms in total. The van der Waals surface area contributed by atoms with E-state index in [9.17, 15) is 14.4 Å². The zero-order valence-electron chi connectivity index (χ0n) is 18.3. The molecule has 0 saturated carbocycles. The SMILES string of the molecule is CC1(C)CCc2ncccc2CCC(CN)OC(=O)C2(C)CCCCN2C(=O)C1=O. The second-order valence-corrected chi connectivity index (χ2v) is 9.31. The Morgan fingerprint density at radius 1 is 1.17 bits per heavy atom. The highest BCUT2D eigenvalue weighted by Gasteiger charge is 2.49. The molecule has 3 heterocycles. The highest BCUT2D eigenvalue weighted by atomic mass is 16.5. The number of fused-ring (bicyclic) bond motifs is 2. The van der Waals surface area contributed by atoms with Crippen molar-refractivity contribution < 1.29 is 19.1 Å². The van der Waals surface area contributed by atoms with Gasteiger partial charge in [-0.25, -0.2) is 4.79 Å². The summed E-state index contributed by atoms with van der Waals surface area (Å²) in [5.74, 6) is -1.53. The molecule has 0 bridgehead atoms. The van der Waals surface area contributed by atoms with Gasteiger partial charge in [0.15, 0.2) is 0 Å². The normalized spacial score (nSPS) is 28.2. The largest absolute Gasteiger partial charge is 0.459 e. The first-order valence-corrected chi connectivity index (χ1v) is 10.9. The van der Waals surface area contributed by atoms with E-state index >= 15 is 0 Å². The van der Waals surface area contributed by atoms with Crippen LogP contribution in [0.15, 0.2) is 18.3 Å². The molecule has 0 aliphatic carbocycles. The summed E-state index contributed by atoms with van der Waals surface area (Å²) < 4.78 is 5.78. The Hall–Kier alpha value is -2.28. The van der Waals surface area contributed by atoms with E-state index < -0.39 is 34.7 Å². The number of carbonyl (C=O) groups is 3. The molecule has 2 N–H and O–H groups in total. The van der Waals surface area contributed by atoms with Gasteiger partial charge in [0.05, 0.1) is 0 Å². The number of pyridine rings is 1. The van der Waals surface area contributed by atoms with Crippen LogP contribution in [0.4, 0.5) is 0 Å². The summed E-state index contributed by atoms with van der Waals surface area (Å²) in [6.07, 6.45) is 5.73. The number of piperidine rings is 1. The van der Waals surface area contributed by atoms with Gasteiger partial charge in [-0.2, -0.15) is 0 Å². The maximum atomic E-state index is 13.2. The highest BCUT2D eigenvalue weighted by molar-refractivity contribution is 6.38. The van der Waals surface area contributed by atoms with E-state index in [1.807, 2.05) is 12.1 Å². The quantitative estimate of drug-likeness (QED) is 0.557. The zero-order chi connectivity index (χ0) is 21.9. The van der Waals surface area contributed by atoms with Gasteiger partial charge >= 0.3 is 5.97 Å². The number of ketones is 1. The zero-order valence-corrected chi connectivity index (χ0v) is 18.3. The lowest BCUT2D eigenvalue weighted by Gasteiger charge is -2.43. The topological polar surface area (TPSA) is 103 Å². The predicted molar refractivity (Wildman–Crippen MR) is 113 cm³/mol. The van der Waals surface area contributed by atoms with Crippen LogP contribution in [0.3, 0.4) is 0 Å². The van der Waals surface area contributed by atoms with Crippen LogP contribution >= 0.6 is 0 Å². The van der Waals surface area contributed by atoms with Crippen LogP contribution in [-0.4, -0.2) is 52.3 Å². The van der Waals surface area contributed by atoms with Gasteiger partial charge in [0.2, 0.25) is 5.78 Å². The van der Waals surface area contributed by atoms with Crippen molar-refractivity contribution in [1.82, 2.24) is 9.88 Å². The Morgan fingerprint density at radius 2 is 1.93 bits per heavy atom. The van der Waals surface area contributed by atoms with Crippen molar-refractivity contribution in [2.45, 2.75) is 77.4 Å². The maximum Gasteiger partial charge on any atom is 0.332 e. The number of rotatable bonds is 1. The van der Waals surface area contributed by atoms with Gasteiger partial charge in [0.25, 0.3) is 5.91 Å². The average Bonchev–Trinajstić information content (AvgIpc) is 2.74. The van der Waals surface area contributed by atoms with E-state index in [4.69, 9.17) is 10.5 Å². The third kappa shape index (κ3) is 4.41. The molecule has 2 aliphatic rings. The summed E-state index contributed by atoms with van der Waals surface area (Å²) >= 11 is 0. The number of carbonyl (C=O) groups excluding carboxylic acids is 3. The molecule has 30 heavy (non-hydrogen) atoms. The maximum absolute atomic E-state index is 13.2. The molecule has 0 aromatic carbocycles. The van der Waals surface area contributed by atoms with Crippen LogP contribution in [0.2, 0.25) is 0 Å². The fourth-order valence-corrected chi connectivity index (χ4v) is 4.36. The first-order chi connectivity index (χ1) is 14.2. The summed E-state index contributed by atoms with van der Waals surface area (Å²) in [7, 11) is 0. The van der Waals surface area contributed by atoms with E-state index in [1.165, 1.54) is 4.90 Å². The standard InChI is InChI=1S/C23H33N3O4/c1-22(2)12-10-18-16(7-6-13-25-18)8-9-17(15-24)30-21(29)23(3)11-4-5-14-26(23)20(28)19(22)27/h6-7,13,17H,4-5,8-12,14-15,24H2,1-3H3. The van der Waals surface area contributed by atoms with Crippen LogP contribution in [0.25, 0.3) is 0 Å². The van der Waals surface area contributed by atoms with E-state index in [0.29, 0.717) is 38.6 Å². The molecule has 0 spiro atoms. The predicted octanol–water partition coefficient (Wildman–Crippen LogP) is 2.20. The average molecular weight is 416 g/mol. The van der Waals surface area contributed by atoms with E-state index in [2.05, 4.69) is 4.98 Å². The Labute approximate surface area is 178 Å². The fraction of sp³-hybridized carbons (Fsp3) is 0.652. The molecule has 2 aliphatic heterocycles. The fourth-order valence-electron chi connectivity index (χ4n) is 4.36. The number of cyclic esters (lactones) is 1. The Balaban J connectivity index is 1.99. The summed E-state index contributed by atoms with van der Waals surface area (Å²) in [6, 6.07) is 3.89. The summed E-state index contributed by atoms with van der Waals surface area (Å²) in [6.45, 7) is 5.89. The van der Waals surface area contributed by atoms with Gasteiger partial charge in [0.1, 0.15) is 11.6 Å². The third-order valence-electron chi connectivity index (χ3n) is 6.63. The lowest BCUT2D eigenvalue weighted by atomic mass is 9.80. The minimum Gasteiger partial charge on any atom is -0.459 e. The Morgan fingerprint density at radius 3 is 2.67 bits per heavy atom. The van der Waals surface area contributed by atoms with Crippen molar-refractivity contribution in [2.24, 2.45) is 11.1 Å². The molecule has 2 atom stereocenters. The number of aryl methyl sites for hydroxylation is 2. The third-order valence-corrected chi connectivity index (χ3v) is 6.63. The molecule has 0 radical (unpaired) electrons. The molecule has 1 amide bonds. The van der Waals surface area contributed by atoms with Crippen LogP contribution in [-0.2, 0) is 32.0 Å². The molecule has 1 aromatic rings. The second kappa shape index (κ2) is 8.84. The lowest BCUT2D eigenvalue weighted by Crippen LogP contribution is -2.61. The number of nitrogens with zero attached hydrogens (tertiary/aromatic N) is 2. The van der Waals surface area contributed by atoms with Gasteiger partial charge in [-0.1, -0.05) is 19.9 Å². The number of nitrogens with two attached hydrogens (primary N) is 1. The van der Waals surface area contributed by atoms with Crippen LogP contribution in [0, 0.1) is 5.41 Å². The first-order valence-electron chi connectivity index (χ1n) is 10.9. The van der Waals surface area contributed by atoms with Gasteiger partial charge < -0.3 is 15.4 Å². The minimum absolute atomic E-state index is 0.206. The summed E-state index contributed by atoms with van der Waals surface area (Å²) in [5, 5.41) is 0. The Kier molecular flexibility index (Phi) is 6.60. The van der Waals surface area contributed by atoms with E-state index in [-0.39, 0.29) is 6.54 Å². The molecule has 1 aromatic heterocycles. The van der Waals surface area contributed by atoms with Gasteiger partial charge in [0, 0.05) is 30.4 Å². The van der Waals surface area contributed by atoms with Crippen molar-refractivity contribution in [1.29, 1.82) is 0 Å². The van der Waals surface area contributed by atoms with Crippen molar-refractivity contribution in [3.05, 3.63) is 29.6 Å². The molecule has 2 unspecified atom stereocenters. The van der Waals surface area contributed by atoms with Gasteiger partial charge in [-0.3, -0.25) is 14.6 Å². The summed E-state index contributed by atoms with van der Waals surface area (Å²) in [4.78, 5) is 45.5. The monoisotopic (exact) mass is 415 g/mol. The van der Waals surface area contributed by atoms with Crippen LogP contribution < -0.4 is 5.73 Å². The number of ether oxygens (including phenoxy) is 1. The lowest BCUT2D eigenvalue weighted by molar-refractivity contribution is -0.172. The van der Waals surface area contributed by atoms with Crippen molar-refractivity contribution in [3.8, 4) is 0 Å². The smallest absolute Gasteiger partial charge is 0.332 e. The van der Waals surface area contributed by atoms with Crippen LogP contribution in [0.1, 0.15) is 64.1 Å². The second-order valence-electron chi connectivity index (χ2n) is 9.31. The highest BCUT2D eigenvalue weighted by Crippen LogP contribution is 2.33. The number of Topliss-reactive ketones (excluding diaryl/α,β-unsaturated/α-hetero) is 1. The molecule has 7 heteroatoms. The molecule has 1 fully saturated rings. The van der Waals surface area contributed by atoms with Gasteiger partial charge in [-0.05, 0) is 63.5 Å².